The van der Waals surface area contributed by atoms with Crippen molar-refractivity contribution in [3.8, 4) is 0 Å². The van der Waals surface area contributed by atoms with Crippen molar-refractivity contribution in [1.82, 2.24) is 5.32 Å². The molecular weight excluding hydrogens is 238 g/mol. The van der Waals surface area contributed by atoms with Crippen LogP contribution in [-0.2, 0) is 4.79 Å². The number of hydrogen-bond donors (Lipinski definition) is 2. The molecule has 0 amide bonds. The van der Waals surface area contributed by atoms with Crippen LogP contribution in [0.4, 0.5) is 0 Å². The highest BCUT2D eigenvalue weighted by Crippen LogP contribution is 2.27. The second-order valence-electron chi connectivity index (χ2n) is 5.18. The van der Waals surface area contributed by atoms with Gasteiger partial charge in [0.2, 0.25) is 0 Å². The fourth-order valence-electron chi connectivity index (χ4n) is 2.94. The number of rotatable bonds is 1. The van der Waals surface area contributed by atoms with Gasteiger partial charge >= 0.3 is 5.97 Å². The number of carboxylic acid groups (broad SMARTS) is 1. The number of carboxylic acids is 1. The molecule has 1 aromatic carbocycles. The highest BCUT2D eigenvalue weighted by Gasteiger charge is 2.29. The number of hydrogen-bond acceptors (Lipinski definition) is 2. The van der Waals surface area contributed by atoms with Crippen molar-refractivity contribution in [1.29, 1.82) is 0 Å². The lowest BCUT2D eigenvalue weighted by atomic mass is 9.84. The molecule has 19 heavy (non-hydrogen) atoms. The van der Waals surface area contributed by atoms with Crippen molar-refractivity contribution in [3.63, 3.8) is 0 Å². The molecule has 0 aromatic heterocycles. The number of carbonyl (C=O) groups is 1. The van der Waals surface area contributed by atoms with Crippen molar-refractivity contribution in [2.75, 3.05) is 6.54 Å². The molecule has 3 nitrogen and oxygen atoms in total. The van der Waals surface area contributed by atoms with E-state index in [9.17, 15) is 9.90 Å². The van der Waals surface area contributed by atoms with Gasteiger partial charge in [0.05, 0.1) is 5.92 Å². The van der Waals surface area contributed by atoms with E-state index < -0.39 is 5.97 Å². The lowest BCUT2D eigenvalue weighted by molar-refractivity contribution is -0.142. The van der Waals surface area contributed by atoms with Crippen molar-refractivity contribution in [2.24, 2.45) is 11.8 Å². The van der Waals surface area contributed by atoms with Crippen LogP contribution >= 0.6 is 0 Å². The van der Waals surface area contributed by atoms with Gasteiger partial charge in [-0.05, 0) is 18.1 Å². The van der Waals surface area contributed by atoms with Gasteiger partial charge in [0.1, 0.15) is 0 Å². The smallest absolute Gasteiger partial charge is 0.308 e. The minimum Gasteiger partial charge on any atom is -0.481 e. The molecule has 2 aliphatic rings. The Balaban J connectivity index is 2.11. The van der Waals surface area contributed by atoms with E-state index in [1.54, 1.807) is 0 Å². The number of nitrogens with one attached hydrogen (secondary N) is 1. The first-order valence-electron chi connectivity index (χ1n) is 6.68. The van der Waals surface area contributed by atoms with Crippen LogP contribution in [0.5, 0.6) is 0 Å². The summed E-state index contributed by atoms with van der Waals surface area (Å²) >= 11 is 0. The molecule has 0 bridgehead atoms. The summed E-state index contributed by atoms with van der Waals surface area (Å²) in [5, 5.41) is 14.9. The Kier molecular flexibility index (Phi) is 3.11. The predicted molar refractivity (Wildman–Crippen MR) is 74.6 cm³/mol. The minimum atomic E-state index is -0.697. The van der Waals surface area contributed by atoms with E-state index in [2.05, 4.69) is 35.7 Å². The number of piperidine rings is 1. The van der Waals surface area contributed by atoms with Crippen LogP contribution in [0.1, 0.15) is 12.8 Å². The Labute approximate surface area is 112 Å². The summed E-state index contributed by atoms with van der Waals surface area (Å²) in [6.45, 7) is 0.527. The Bertz CT molecular complexity index is 645. The number of benzene rings is 1. The van der Waals surface area contributed by atoms with Gasteiger partial charge in [0.15, 0.2) is 0 Å². The maximum absolute atomic E-state index is 11.2. The molecule has 98 valence electrons. The van der Waals surface area contributed by atoms with E-state index in [-0.39, 0.29) is 11.8 Å². The molecule has 1 aliphatic carbocycles. The van der Waals surface area contributed by atoms with Crippen LogP contribution in [-0.4, -0.2) is 17.6 Å². The van der Waals surface area contributed by atoms with Gasteiger partial charge in [-0.15, -0.1) is 0 Å². The minimum absolute atomic E-state index is 0.279. The molecule has 0 saturated carbocycles. The van der Waals surface area contributed by atoms with Gasteiger partial charge in [-0.1, -0.05) is 42.5 Å². The van der Waals surface area contributed by atoms with Crippen LogP contribution in [0.2, 0.25) is 0 Å². The summed E-state index contributed by atoms with van der Waals surface area (Å²) in [5.41, 5.74) is 1.20. The zero-order valence-corrected chi connectivity index (χ0v) is 10.7. The molecule has 2 atom stereocenters. The van der Waals surface area contributed by atoms with Gasteiger partial charge in [0, 0.05) is 23.4 Å². The van der Waals surface area contributed by atoms with Gasteiger partial charge in [0.25, 0.3) is 0 Å². The maximum Gasteiger partial charge on any atom is 0.308 e. The van der Waals surface area contributed by atoms with E-state index in [0.29, 0.717) is 6.54 Å². The molecule has 1 saturated heterocycles. The fourth-order valence-corrected chi connectivity index (χ4v) is 2.94. The van der Waals surface area contributed by atoms with E-state index in [1.165, 1.54) is 16.1 Å². The van der Waals surface area contributed by atoms with Gasteiger partial charge in [-0.3, -0.25) is 4.79 Å². The molecule has 0 radical (unpaired) electrons. The molecule has 3 rings (SSSR count). The molecular formula is C16H17NO2. The highest BCUT2D eigenvalue weighted by atomic mass is 16.4. The molecule has 0 spiro atoms. The van der Waals surface area contributed by atoms with Crippen LogP contribution in [0, 0.1) is 11.8 Å². The molecule has 1 aromatic rings. The summed E-state index contributed by atoms with van der Waals surface area (Å²) in [6, 6.07) is 8.28. The summed E-state index contributed by atoms with van der Waals surface area (Å²) < 4.78 is 0. The highest BCUT2D eigenvalue weighted by molar-refractivity contribution is 5.71. The van der Waals surface area contributed by atoms with E-state index in [4.69, 9.17) is 0 Å². The third kappa shape index (κ3) is 2.28. The van der Waals surface area contributed by atoms with Crippen molar-refractivity contribution in [3.05, 3.63) is 46.9 Å². The lowest BCUT2D eigenvalue weighted by Gasteiger charge is -2.31. The first-order chi connectivity index (χ1) is 9.25. The van der Waals surface area contributed by atoms with E-state index in [0.717, 1.165) is 12.8 Å². The average molecular weight is 255 g/mol. The first kappa shape index (κ1) is 12.0. The number of aliphatic carboxylic acids is 1. The zero-order chi connectivity index (χ0) is 13.2. The van der Waals surface area contributed by atoms with Crippen LogP contribution < -0.4 is 15.8 Å². The summed E-state index contributed by atoms with van der Waals surface area (Å²) in [6.07, 6.45) is 7.93. The molecule has 2 unspecified atom stereocenters. The monoisotopic (exact) mass is 255 g/mol. The summed E-state index contributed by atoms with van der Waals surface area (Å²) in [4.78, 5) is 11.2. The number of fused-ring (bicyclic) bond motifs is 2. The average Bonchev–Trinajstić information content (AvgIpc) is 2.41. The SMILES string of the molecule is O=C(O)C1CN\C2=c3/cccc/c3=C/C=C\CC2C1. The van der Waals surface area contributed by atoms with Gasteiger partial charge < -0.3 is 10.4 Å². The molecule has 1 aliphatic heterocycles. The standard InChI is InChI=1S/C16H17NO2/c18-16(19)13-9-12-7-2-1-5-11-6-3-4-8-14(11)15(12)17-10-13/h1-6,8,12-13,17H,7,9-10H2,(H,18,19)/b2-1-,11-5-,15-14+. The fraction of sp³-hybridized carbons (Fsp3) is 0.312. The molecule has 2 N–H and O–H groups in total. The summed E-state index contributed by atoms with van der Waals surface area (Å²) in [7, 11) is 0. The zero-order valence-electron chi connectivity index (χ0n) is 10.7. The third-order valence-corrected chi connectivity index (χ3v) is 3.95. The largest absolute Gasteiger partial charge is 0.481 e. The Morgan fingerprint density at radius 1 is 1.32 bits per heavy atom. The Hall–Kier alpha value is -2.03. The lowest BCUT2D eigenvalue weighted by Crippen LogP contribution is -2.43. The second kappa shape index (κ2) is 4.92. The van der Waals surface area contributed by atoms with E-state index >= 15 is 0 Å². The normalized spacial score (nSPS) is 31.5. The maximum atomic E-state index is 11.2. The van der Waals surface area contributed by atoms with Crippen molar-refractivity contribution in [2.45, 2.75) is 12.8 Å². The van der Waals surface area contributed by atoms with Gasteiger partial charge in [-0.25, -0.2) is 0 Å². The van der Waals surface area contributed by atoms with Crippen LogP contribution in [0.3, 0.4) is 0 Å². The van der Waals surface area contributed by atoms with E-state index in [1.807, 2.05) is 12.1 Å². The Morgan fingerprint density at radius 3 is 3.00 bits per heavy atom. The summed E-state index contributed by atoms with van der Waals surface area (Å²) in [5.74, 6) is -0.698. The molecule has 1 fully saturated rings. The predicted octanol–water partition coefficient (Wildman–Crippen LogP) is 0.845. The van der Waals surface area contributed by atoms with Crippen molar-refractivity contribution >= 4 is 17.7 Å². The second-order valence-corrected chi connectivity index (χ2v) is 5.18. The Morgan fingerprint density at radius 2 is 2.16 bits per heavy atom. The quantitative estimate of drug-likeness (QED) is 0.782. The topological polar surface area (TPSA) is 49.3 Å². The van der Waals surface area contributed by atoms with Gasteiger partial charge in [-0.2, -0.15) is 0 Å². The molecule has 1 heterocycles. The first-order valence-corrected chi connectivity index (χ1v) is 6.68. The van der Waals surface area contributed by atoms with Crippen LogP contribution in [0.15, 0.2) is 36.4 Å². The third-order valence-electron chi connectivity index (χ3n) is 3.95. The van der Waals surface area contributed by atoms with Crippen molar-refractivity contribution < 1.29 is 9.90 Å². The number of allylic oxidation sites excluding steroid dienone is 2. The molecule has 3 heteroatoms. The van der Waals surface area contributed by atoms with Crippen LogP contribution in [0.25, 0.3) is 11.8 Å².